The van der Waals surface area contributed by atoms with Crippen molar-refractivity contribution in [2.24, 2.45) is 7.05 Å². The van der Waals surface area contributed by atoms with Gasteiger partial charge in [-0.2, -0.15) is 0 Å². The highest BCUT2D eigenvalue weighted by atomic mass is 32.2. The molecule has 60 heavy (non-hydrogen) atoms. The summed E-state index contributed by atoms with van der Waals surface area (Å²) in [6.45, 7) is 6.52. The number of rotatable bonds is 18. The minimum absolute atomic E-state index is 0.144. The Hall–Kier alpha value is -5.99. The van der Waals surface area contributed by atoms with Crippen molar-refractivity contribution in [3.05, 3.63) is 108 Å². The maximum Gasteiger partial charge on any atom is 0.255 e. The second kappa shape index (κ2) is 18.9. The summed E-state index contributed by atoms with van der Waals surface area (Å²) in [6, 6.07) is 19.3. The van der Waals surface area contributed by atoms with Gasteiger partial charge in [-0.3, -0.25) is 24.5 Å². The third-order valence-corrected chi connectivity index (χ3v) is 12.5. The van der Waals surface area contributed by atoms with Crippen LogP contribution in [0.2, 0.25) is 0 Å². The molecule has 2 aromatic heterocycles. The van der Waals surface area contributed by atoms with Crippen LogP contribution in [0.5, 0.6) is 5.75 Å². The highest BCUT2D eigenvalue weighted by molar-refractivity contribution is 7.99. The number of likely N-dealkylation sites (N-methyl/N-ethyl adjacent to an activating group) is 2. The minimum atomic E-state index is -0.613. The van der Waals surface area contributed by atoms with E-state index in [1.165, 1.54) is 6.08 Å². The van der Waals surface area contributed by atoms with Gasteiger partial charge in [-0.05, 0) is 80.6 Å². The van der Waals surface area contributed by atoms with Gasteiger partial charge in [-0.25, -0.2) is 9.97 Å². The Morgan fingerprint density at radius 2 is 1.87 bits per heavy atom. The molecule has 14 heteroatoms. The summed E-state index contributed by atoms with van der Waals surface area (Å²) >= 11 is 1.75. The number of amides is 4. The number of piperidine rings is 1. The molecule has 0 aliphatic carbocycles. The third kappa shape index (κ3) is 9.40. The SMILES string of the molecule is C=CC(=O)Nc1cc(Cc2nccc(-c3cn(C)c4ccccc34)n2)c(OC)cc1N(C)CCN(C)CCCCCSc1cccc2c1CN(C1CCC(=O)NC1=O)C2=O. The van der Waals surface area contributed by atoms with E-state index in [9.17, 15) is 19.2 Å². The van der Waals surface area contributed by atoms with Crippen LogP contribution in [-0.4, -0.2) is 101 Å². The van der Waals surface area contributed by atoms with E-state index in [0.29, 0.717) is 42.2 Å². The number of nitrogens with one attached hydrogen (secondary N) is 2. The molecule has 2 aliphatic heterocycles. The van der Waals surface area contributed by atoms with E-state index in [1.807, 2.05) is 62.6 Å². The van der Waals surface area contributed by atoms with E-state index in [-0.39, 0.29) is 24.1 Å². The van der Waals surface area contributed by atoms with Crippen molar-refractivity contribution in [2.75, 3.05) is 56.8 Å². The number of methoxy groups -OCH3 is 1. The minimum Gasteiger partial charge on any atom is -0.496 e. The van der Waals surface area contributed by atoms with Crippen LogP contribution in [0.15, 0.2) is 90.6 Å². The molecule has 1 fully saturated rings. The molecule has 4 heterocycles. The van der Waals surface area contributed by atoms with Gasteiger partial charge in [0.1, 0.15) is 17.6 Å². The van der Waals surface area contributed by atoms with Gasteiger partial charge in [0.15, 0.2) is 0 Å². The Morgan fingerprint density at radius 1 is 1.03 bits per heavy atom. The number of unbranched alkanes of at least 4 members (excludes halogenated alkanes) is 2. The summed E-state index contributed by atoms with van der Waals surface area (Å²) in [4.78, 5) is 66.6. The Kier molecular flexibility index (Phi) is 13.3. The van der Waals surface area contributed by atoms with Crippen molar-refractivity contribution in [1.29, 1.82) is 0 Å². The highest BCUT2D eigenvalue weighted by Crippen LogP contribution is 2.37. The van der Waals surface area contributed by atoms with Crippen LogP contribution in [0.4, 0.5) is 11.4 Å². The maximum atomic E-state index is 13.2. The van der Waals surface area contributed by atoms with Gasteiger partial charge < -0.3 is 29.3 Å². The van der Waals surface area contributed by atoms with Gasteiger partial charge in [0.2, 0.25) is 17.7 Å². The van der Waals surface area contributed by atoms with Gasteiger partial charge in [0.25, 0.3) is 5.91 Å². The molecule has 13 nitrogen and oxygen atoms in total. The van der Waals surface area contributed by atoms with Gasteiger partial charge in [0.05, 0.1) is 24.2 Å². The number of anilines is 2. The molecule has 1 saturated heterocycles. The lowest BCUT2D eigenvalue weighted by molar-refractivity contribution is -0.137. The van der Waals surface area contributed by atoms with Crippen molar-refractivity contribution in [2.45, 2.75) is 56.0 Å². The van der Waals surface area contributed by atoms with Crippen molar-refractivity contribution in [3.63, 3.8) is 0 Å². The van der Waals surface area contributed by atoms with Crippen LogP contribution in [0, 0.1) is 0 Å². The number of nitrogens with zero attached hydrogens (tertiary/aromatic N) is 6. The molecular weight excluding hydrogens is 777 g/mol. The number of aryl methyl sites for hydroxylation is 1. The van der Waals surface area contributed by atoms with Crippen molar-refractivity contribution >= 4 is 57.7 Å². The molecule has 2 N–H and O–H groups in total. The average molecular weight is 829 g/mol. The molecule has 3 aromatic carbocycles. The lowest BCUT2D eigenvalue weighted by Gasteiger charge is -2.29. The quantitative estimate of drug-likeness (QED) is 0.0438. The number of carbonyl (C=O) groups is 4. The second-order valence-electron chi connectivity index (χ2n) is 15.4. The summed E-state index contributed by atoms with van der Waals surface area (Å²) in [5.74, 6) is 1.12. The molecule has 2 aliphatic rings. The van der Waals surface area contributed by atoms with E-state index in [1.54, 1.807) is 30.0 Å². The standard InChI is InChI=1S/C46H52N8O5S/c1-6-43(55)49-36-25-30(26-42-47-20-19-35(48-42)33-28-53(4)37-15-9-8-13-31(33)37)40(59-5)27-39(36)52(3)23-22-51(2)21-10-7-11-24-60-41-16-12-14-32-34(41)29-54(46(32)58)38-17-18-44(56)50-45(38)57/h6,8-9,12-16,19-20,25,27-28,38H,1,7,10-11,17-18,21-24,26,29H2,2-5H3,(H,49,55)(H,50,56,57). The fraction of sp³-hybridized carbons (Fsp3) is 0.348. The van der Waals surface area contributed by atoms with E-state index in [2.05, 4.69) is 61.9 Å². The normalized spacial score (nSPS) is 15.1. The van der Waals surface area contributed by atoms with Gasteiger partial charge in [-0.15, -0.1) is 11.8 Å². The summed E-state index contributed by atoms with van der Waals surface area (Å²) in [5.41, 5.74) is 6.95. The molecule has 312 valence electrons. The smallest absolute Gasteiger partial charge is 0.255 e. The second-order valence-corrected chi connectivity index (χ2v) is 16.5. The largest absolute Gasteiger partial charge is 0.496 e. The number of imide groups is 1. The number of aromatic nitrogens is 3. The van der Waals surface area contributed by atoms with Crippen LogP contribution in [0.3, 0.4) is 0 Å². The lowest BCUT2D eigenvalue weighted by atomic mass is 10.0. The number of benzene rings is 3. The van der Waals surface area contributed by atoms with Crippen molar-refractivity contribution < 1.29 is 23.9 Å². The zero-order valence-corrected chi connectivity index (χ0v) is 35.5. The third-order valence-electron chi connectivity index (χ3n) is 11.3. The van der Waals surface area contributed by atoms with Crippen molar-refractivity contribution in [3.8, 4) is 17.0 Å². The fourth-order valence-corrected chi connectivity index (χ4v) is 9.07. The van der Waals surface area contributed by atoms with Crippen molar-refractivity contribution in [1.82, 2.24) is 29.7 Å². The average Bonchev–Trinajstić information content (AvgIpc) is 3.77. The highest BCUT2D eigenvalue weighted by Gasteiger charge is 2.39. The number of fused-ring (bicyclic) bond motifs is 2. The number of hydrogen-bond donors (Lipinski definition) is 2. The monoisotopic (exact) mass is 828 g/mol. The molecule has 0 radical (unpaired) electrons. The predicted molar refractivity (Wildman–Crippen MR) is 236 cm³/mol. The van der Waals surface area contributed by atoms with Gasteiger partial charge >= 0.3 is 0 Å². The zero-order valence-electron chi connectivity index (χ0n) is 34.7. The molecular formula is C46H52N8O5S. The zero-order chi connectivity index (χ0) is 42.3. The number of ether oxygens (including phenoxy) is 1. The predicted octanol–water partition coefficient (Wildman–Crippen LogP) is 6.45. The molecule has 1 unspecified atom stereocenters. The van der Waals surface area contributed by atoms with Gasteiger partial charge in [0, 0.05) is 97.5 Å². The first-order valence-corrected chi connectivity index (χ1v) is 21.3. The first kappa shape index (κ1) is 42.1. The van der Waals surface area contributed by atoms with Gasteiger partial charge in [-0.1, -0.05) is 37.3 Å². The van der Waals surface area contributed by atoms with Crippen LogP contribution >= 0.6 is 11.8 Å². The first-order chi connectivity index (χ1) is 29.0. The molecule has 0 saturated carbocycles. The number of thioether (sulfide) groups is 1. The Labute approximate surface area is 355 Å². The number of hydrogen-bond acceptors (Lipinski definition) is 10. The summed E-state index contributed by atoms with van der Waals surface area (Å²) < 4.78 is 8.00. The van der Waals surface area contributed by atoms with E-state index >= 15 is 0 Å². The maximum absolute atomic E-state index is 13.2. The van der Waals surface area contributed by atoms with Crippen LogP contribution in [0.25, 0.3) is 22.2 Å². The molecule has 0 spiro atoms. The summed E-state index contributed by atoms with van der Waals surface area (Å²) in [5, 5.41) is 6.51. The lowest BCUT2D eigenvalue weighted by Crippen LogP contribution is -2.52. The number of para-hydroxylation sites is 1. The summed E-state index contributed by atoms with van der Waals surface area (Å²) in [6.07, 6.45) is 9.28. The number of carbonyl (C=O) groups excluding carboxylic acids is 4. The van der Waals surface area contributed by atoms with Crippen LogP contribution in [-0.2, 0) is 34.4 Å². The van der Waals surface area contributed by atoms with Crippen LogP contribution in [0.1, 0.15) is 59.4 Å². The Balaban J connectivity index is 0.917. The van der Waals surface area contributed by atoms with E-state index < -0.39 is 11.9 Å². The van der Waals surface area contributed by atoms with Crippen LogP contribution < -0.4 is 20.3 Å². The summed E-state index contributed by atoms with van der Waals surface area (Å²) in [7, 11) is 7.81. The molecule has 7 rings (SSSR count). The van der Waals surface area contributed by atoms with E-state index in [4.69, 9.17) is 9.72 Å². The Bertz CT molecular complexity index is 2430. The Morgan fingerprint density at radius 3 is 2.67 bits per heavy atom. The first-order valence-electron chi connectivity index (χ1n) is 20.3. The van der Waals surface area contributed by atoms with E-state index in [0.717, 1.165) is 88.5 Å². The molecule has 4 amide bonds. The molecule has 5 aromatic rings. The fourth-order valence-electron chi connectivity index (χ4n) is 7.98. The molecule has 1 atom stereocenters. The topological polar surface area (TPSA) is 142 Å². The molecule has 0 bridgehead atoms.